The average Bonchev–Trinajstić information content (AvgIpc) is 2.22. The summed E-state index contributed by atoms with van der Waals surface area (Å²) < 4.78 is 52.9. The molecule has 0 saturated carbocycles. The summed E-state index contributed by atoms with van der Waals surface area (Å²) in [5.41, 5.74) is 0.0539. The summed E-state index contributed by atoms with van der Waals surface area (Å²) in [6.45, 7) is 6.82. The smallest absolute Gasteiger partial charge is 0.416 e. The lowest BCUT2D eigenvalue weighted by atomic mass is 10.1. The van der Waals surface area contributed by atoms with Gasteiger partial charge in [0, 0.05) is 0 Å². The van der Waals surface area contributed by atoms with Crippen LogP contribution in [-0.2, 0) is 17.5 Å². The van der Waals surface area contributed by atoms with Crippen molar-refractivity contribution >= 4 is 17.6 Å². The van der Waals surface area contributed by atoms with Gasteiger partial charge in [-0.05, 0) is 51.0 Å². The molecule has 0 radical (unpaired) electrons. The lowest BCUT2D eigenvalue weighted by molar-refractivity contribution is -0.137. The maximum absolute atomic E-state index is 12.6. The first-order valence-electron chi connectivity index (χ1n) is 5.65. The molecule has 0 heterocycles. The number of nitrogens with zero attached hydrogens (tertiary/aromatic N) is 1. The number of aryl methyl sites for hydroxylation is 1. The van der Waals surface area contributed by atoms with Crippen LogP contribution >= 0.6 is 0 Å². The lowest BCUT2D eigenvalue weighted by Gasteiger charge is -2.17. The van der Waals surface area contributed by atoms with Crippen LogP contribution in [0.3, 0.4) is 0 Å². The SMILES string of the molecule is Cc1cc(/C=N/[S+]([O-])C(C)(C)C)cc(C(F)(F)F)c1. The van der Waals surface area contributed by atoms with Gasteiger partial charge in [-0.3, -0.25) is 0 Å². The fourth-order valence-corrected chi connectivity index (χ4v) is 1.85. The highest BCUT2D eigenvalue weighted by atomic mass is 32.2. The van der Waals surface area contributed by atoms with Crippen LogP contribution in [0.4, 0.5) is 13.2 Å². The van der Waals surface area contributed by atoms with Gasteiger partial charge < -0.3 is 4.55 Å². The first-order valence-corrected chi connectivity index (χ1v) is 6.76. The van der Waals surface area contributed by atoms with E-state index in [1.165, 1.54) is 6.21 Å². The molecule has 0 saturated heterocycles. The Kier molecular flexibility index (Phi) is 4.68. The van der Waals surface area contributed by atoms with Crippen LogP contribution < -0.4 is 0 Å². The quantitative estimate of drug-likeness (QED) is 0.601. The third kappa shape index (κ3) is 4.87. The molecule has 0 aromatic heterocycles. The Labute approximate surface area is 114 Å². The van der Waals surface area contributed by atoms with E-state index in [4.69, 9.17) is 0 Å². The highest BCUT2D eigenvalue weighted by Gasteiger charge is 2.31. The van der Waals surface area contributed by atoms with Crippen LogP contribution in [0.5, 0.6) is 0 Å². The molecule has 1 aromatic rings. The largest absolute Gasteiger partial charge is 0.591 e. The van der Waals surface area contributed by atoms with Gasteiger partial charge in [0.2, 0.25) is 0 Å². The van der Waals surface area contributed by atoms with Crippen molar-refractivity contribution in [2.24, 2.45) is 4.40 Å². The Morgan fingerprint density at radius 2 is 1.74 bits per heavy atom. The summed E-state index contributed by atoms with van der Waals surface area (Å²) in [6.07, 6.45) is -3.17. The van der Waals surface area contributed by atoms with E-state index < -0.39 is 27.8 Å². The molecule has 1 atom stereocenters. The third-order valence-electron chi connectivity index (χ3n) is 2.25. The van der Waals surface area contributed by atoms with Crippen LogP contribution in [0.1, 0.15) is 37.5 Å². The van der Waals surface area contributed by atoms with Gasteiger partial charge in [0.05, 0.1) is 11.8 Å². The zero-order chi connectivity index (χ0) is 14.8. The van der Waals surface area contributed by atoms with Crippen molar-refractivity contribution < 1.29 is 17.7 Å². The van der Waals surface area contributed by atoms with Gasteiger partial charge in [-0.25, -0.2) is 0 Å². The fourth-order valence-electron chi connectivity index (χ4n) is 1.32. The molecule has 1 unspecified atom stereocenters. The fraction of sp³-hybridized carbons (Fsp3) is 0.462. The van der Waals surface area contributed by atoms with E-state index in [1.54, 1.807) is 33.8 Å². The number of rotatable bonds is 2. The Balaban J connectivity index is 3.03. The molecule has 0 bridgehead atoms. The summed E-state index contributed by atoms with van der Waals surface area (Å²) in [6, 6.07) is 3.63. The van der Waals surface area contributed by atoms with Crippen LogP contribution in [0.2, 0.25) is 0 Å². The normalized spacial score (nSPS) is 14.9. The molecule has 19 heavy (non-hydrogen) atoms. The summed E-state index contributed by atoms with van der Waals surface area (Å²) >= 11 is -1.48. The topological polar surface area (TPSA) is 35.4 Å². The number of halogens is 3. The van der Waals surface area contributed by atoms with E-state index in [2.05, 4.69) is 4.40 Å². The molecule has 2 nitrogen and oxygen atoms in total. The third-order valence-corrected chi connectivity index (χ3v) is 3.59. The lowest BCUT2D eigenvalue weighted by Crippen LogP contribution is -2.25. The van der Waals surface area contributed by atoms with Crippen molar-refractivity contribution in [3.05, 3.63) is 34.9 Å². The molecule has 1 rings (SSSR count). The van der Waals surface area contributed by atoms with Gasteiger partial charge in [0.1, 0.15) is 16.1 Å². The second-order valence-corrected chi connectivity index (χ2v) is 7.16. The maximum atomic E-state index is 12.6. The predicted octanol–water partition coefficient (Wildman–Crippen LogP) is 3.89. The van der Waals surface area contributed by atoms with E-state index in [9.17, 15) is 17.7 Å². The zero-order valence-corrected chi connectivity index (χ0v) is 12.0. The molecule has 6 heteroatoms. The first kappa shape index (κ1) is 16.0. The van der Waals surface area contributed by atoms with Crippen molar-refractivity contribution in [1.82, 2.24) is 0 Å². The minimum atomic E-state index is -4.39. The number of benzene rings is 1. The molecular weight excluding hydrogens is 275 g/mol. The molecule has 0 aliphatic rings. The van der Waals surface area contributed by atoms with Crippen LogP contribution in [0, 0.1) is 6.92 Å². The molecule has 0 aliphatic carbocycles. The van der Waals surface area contributed by atoms with Crippen molar-refractivity contribution in [3.8, 4) is 0 Å². The first-order chi connectivity index (χ1) is 8.50. The van der Waals surface area contributed by atoms with Crippen molar-refractivity contribution in [2.75, 3.05) is 0 Å². The molecule has 106 valence electrons. The average molecular weight is 291 g/mol. The van der Waals surface area contributed by atoms with Gasteiger partial charge in [-0.1, -0.05) is 10.5 Å². The van der Waals surface area contributed by atoms with E-state index in [-0.39, 0.29) is 0 Å². The van der Waals surface area contributed by atoms with E-state index in [1.807, 2.05) is 0 Å². The Hall–Kier alpha value is -1.01. The maximum Gasteiger partial charge on any atom is 0.416 e. The highest BCUT2D eigenvalue weighted by molar-refractivity contribution is 7.91. The zero-order valence-electron chi connectivity index (χ0n) is 11.2. The second-order valence-electron chi connectivity index (χ2n) is 5.23. The van der Waals surface area contributed by atoms with Crippen LogP contribution in [0.25, 0.3) is 0 Å². The Morgan fingerprint density at radius 1 is 1.16 bits per heavy atom. The van der Waals surface area contributed by atoms with Crippen molar-refractivity contribution in [1.29, 1.82) is 0 Å². The van der Waals surface area contributed by atoms with Gasteiger partial charge in [0.15, 0.2) is 0 Å². The molecule has 0 aliphatic heterocycles. The number of alkyl halides is 3. The van der Waals surface area contributed by atoms with Gasteiger partial charge in [0.25, 0.3) is 0 Å². The molecule has 0 N–H and O–H groups in total. The molecule has 1 aromatic carbocycles. The highest BCUT2D eigenvalue weighted by Crippen LogP contribution is 2.30. The predicted molar refractivity (Wildman–Crippen MR) is 71.7 cm³/mol. The van der Waals surface area contributed by atoms with E-state index in [0.29, 0.717) is 11.1 Å². The van der Waals surface area contributed by atoms with Crippen LogP contribution in [0.15, 0.2) is 22.6 Å². The summed E-state index contributed by atoms with van der Waals surface area (Å²) in [7, 11) is 0. The minimum absolute atomic E-state index is 0.296. The molecule has 0 spiro atoms. The Bertz CT molecular complexity index is 478. The summed E-state index contributed by atoms with van der Waals surface area (Å²) in [5, 5.41) is 0. The molecular formula is C13H16F3NOS. The van der Waals surface area contributed by atoms with Crippen molar-refractivity contribution in [3.63, 3.8) is 0 Å². The van der Waals surface area contributed by atoms with Gasteiger partial charge in [-0.15, -0.1) is 0 Å². The standard InChI is InChI=1S/C13H16F3NOS/c1-9-5-10(7-11(6-9)13(14,15)16)8-17-19(18)12(2,3)4/h5-8H,1-4H3/b17-8+. The summed E-state index contributed by atoms with van der Waals surface area (Å²) in [5.74, 6) is 0. The monoisotopic (exact) mass is 291 g/mol. The van der Waals surface area contributed by atoms with E-state index >= 15 is 0 Å². The van der Waals surface area contributed by atoms with Gasteiger partial charge >= 0.3 is 6.18 Å². The Morgan fingerprint density at radius 3 is 2.21 bits per heavy atom. The molecule has 0 amide bonds. The van der Waals surface area contributed by atoms with E-state index in [0.717, 1.165) is 12.1 Å². The second kappa shape index (κ2) is 5.54. The van der Waals surface area contributed by atoms with Gasteiger partial charge in [-0.2, -0.15) is 13.2 Å². The van der Waals surface area contributed by atoms with Crippen molar-refractivity contribution in [2.45, 2.75) is 38.6 Å². The minimum Gasteiger partial charge on any atom is -0.591 e. The number of hydrogen-bond acceptors (Lipinski definition) is 2. The number of hydrogen-bond donors (Lipinski definition) is 0. The summed E-state index contributed by atoms with van der Waals surface area (Å²) in [4.78, 5) is 0. The molecule has 0 fully saturated rings. The van der Waals surface area contributed by atoms with Crippen LogP contribution in [-0.4, -0.2) is 15.5 Å².